The van der Waals surface area contributed by atoms with Crippen molar-refractivity contribution < 1.29 is 9.47 Å². The van der Waals surface area contributed by atoms with Crippen molar-refractivity contribution >= 4 is 5.69 Å². The molecule has 1 atom stereocenters. The summed E-state index contributed by atoms with van der Waals surface area (Å²) in [6.07, 6.45) is 1.62. The molecule has 5 nitrogen and oxygen atoms in total. The van der Waals surface area contributed by atoms with E-state index in [1.165, 1.54) is 0 Å². The van der Waals surface area contributed by atoms with E-state index in [1.807, 2.05) is 30.3 Å². The van der Waals surface area contributed by atoms with Crippen LogP contribution in [0.15, 0.2) is 42.6 Å². The zero-order chi connectivity index (χ0) is 14.4. The number of rotatable bonds is 5. The van der Waals surface area contributed by atoms with Crippen LogP contribution in [-0.4, -0.2) is 19.2 Å². The average Bonchev–Trinajstić information content (AvgIpc) is 2.53. The lowest BCUT2D eigenvalue weighted by Crippen LogP contribution is -2.09. The fourth-order valence-electron chi connectivity index (χ4n) is 1.79. The Labute approximate surface area is 117 Å². The van der Waals surface area contributed by atoms with Crippen LogP contribution in [0.1, 0.15) is 11.6 Å². The Balaban J connectivity index is 2.22. The maximum Gasteiger partial charge on any atom is 0.212 e. The summed E-state index contributed by atoms with van der Waals surface area (Å²) in [5, 5.41) is 12.5. The third kappa shape index (κ3) is 2.98. The second kappa shape index (κ2) is 6.43. The summed E-state index contributed by atoms with van der Waals surface area (Å²) in [5.74, 6) is 1.21. The molecule has 0 saturated heterocycles. The van der Waals surface area contributed by atoms with E-state index < -0.39 is 6.04 Å². The minimum Gasteiger partial charge on any atom is -0.495 e. The van der Waals surface area contributed by atoms with Crippen LogP contribution in [0, 0.1) is 11.3 Å². The number of nitrogens with one attached hydrogen (secondary N) is 1. The number of ether oxygens (including phenoxy) is 2. The number of aromatic nitrogens is 1. The molecule has 0 spiro atoms. The number of nitrogens with zero attached hydrogens (tertiary/aromatic N) is 2. The molecular weight excluding hydrogens is 254 g/mol. The number of pyridine rings is 1. The molecule has 2 rings (SSSR count). The monoisotopic (exact) mass is 269 g/mol. The Morgan fingerprint density at radius 2 is 1.95 bits per heavy atom. The molecule has 0 fully saturated rings. The van der Waals surface area contributed by atoms with E-state index in [-0.39, 0.29) is 0 Å². The Bertz CT molecular complexity index is 605. The first-order valence-electron chi connectivity index (χ1n) is 6.07. The van der Waals surface area contributed by atoms with Gasteiger partial charge in [0.05, 0.1) is 26.0 Å². The fraction of sp³-hybridized carbons (Fsp3) is 0.200. The largest absolute Gasteiger partial charge is 0.495 e. The zero-order valence-electron chi connectivity index (χ0n) is 11.3. The van der Waals surface area contributed by atoms with Gasteiger partial charge in [0.15, 0.2) is 0 Å². The summed E-state index contributed by atoms with van der Waals surface area (Å²) in [7, 11) is 3.15. The molecule has 1 aromatic heterocycles. The second-order valence-electron chi connectivity index (χ2n) is 4.04. The van der Waals surface area contributed by atoms with Crippen molar-refractivity contribution in [3.05, 3.63) is 48.2 Å². The van der Waals surface area contributed by atoms with Crippen molar-refractivity contribution in [2.24, 2.45) is 0 Å². The van der Waals surface area contributed by atoms with E-state index in [9.17, 15) is 5.26 Å². The molecule has 0 radical (unpaired) electrons. The van der Waals surface area contributed by atoms with Gasteiger partial charge in [-0.3, -0.25) is 0 Å². The lowest BCUT2D eigenvalue weighted by molar-refractivity contribution is 0.397. The Morgan fingerprint density at radius 1 is 1.15 bits per heavy atom. The summed E-state index contributed by atoms with van der Waals surface area (Å²) < 4.78 is 10.3. The summed E-state index contributed by atoms with van der Waals surface area (Å²) in [5.41, 5.74) is 1.52. The van der Waals surface area contributed by atoms with E-state index in [1.54, 1.807) is 26.5 Å². The molecule has 0 aliphatic carbocycles. The van der Waals surface area contributed by atoms with Gasteiger partial charge in [0.25, 0.3) is 0 Å². The lowest BCUT2D eigenvalue weighted by Gasteiger charge is -2.15. The van der Waals surface area contributed by atoms with E-state index in [2.05, 4.69) is 16.4 Å². The van der Waals surface area contributed by atoms with Gasteiger partial charge >= 0.3 is 0 Å². The maximum absolute atomic E-state index is 9.32. The van der Waals surface area contributed by atoms with Crippen molar-refractivity contribution in [2.75, 3.05) is 19.5 Å². The van der Waals surface area contributed by atoms with Gasteiger partial charge in [-0.05, 0) is 18.2 Å². The molecule has 1 unspecified atom stereocenters. The first-order chi connectivity index (χ1) is 9.78. The van der Waals surface area contributed by atoms with Crippen LogP contribution in [0.4, 0.5) is 5.69 Å². The van der Waals surface area contributed by atoms with Gasteiger partial charge < -0.3 is 14.8 Å². The van der Waals surface area contributed by atoms with Crippen LogP contribution in [0.2, 0.25) is 0 Å². The molecule has 1 aromatic carbocycles. The van der Waals surface area contributed by atoms with Crippen LogP contribution in [0.25, 0.3) is 0 Å². The molecule has 102 valence electrons. The number of hydrogen-bond acceptors (Lipinski definition) is 5. The van der Waals surface area contributed by atoms with Crippen LogP contribution >= 0.6 is 0 Å². The fourth-order valence-corrected chi connectivity index (χ4v) is 1.79. The molecular formula is C15H15N3O2. The van der Waals surface area contributed by atoms with Gasteiger partial charge in [-0.1, -0.05) is 12.1 Å². The first-order valence-corrected chi connectivity index (χ1v) is 6.07. The van der Waals surface area contributed by atoms with Crippen molar-refractivity contribution in [1.82, 2.24) is 4.98 Å². The molecule has 0 saturated carbocycles. The van der Waals surface area contributed by atoms with Crippen LogP contribution in [-0.2, 0) is 0 Å². The predicted octanol–water partition coefficient (Wildman–Crippen LogP) is 2.78. The number of para-hydroxylation sites is 2. The number of anilines is 1. The molecule has 0 bridgehead atoms. The lowest BCUT2D eigenvalue weighted by atomic mass is 10.1. The summed E-state index contributed by atoms with van der Waals surface area (Å²) >= 11 is 0. The van der Waals surface area contributed by atoms with Gasteiger partial charge in [-0.25, -0.2) is 4.98 Å². The van der Waals surface area contributed by atoms with Crippen molar-refractivity contribution in [2.45, 2.75) is 6.04 Å². The Hall–Kier alpha value is -2.74. The quantitative estimate of drug-likeness (QED) is 0.904. The third-order valence-corrected chi connectivity index (χ3v) is 2.84. The zero-order valence-corrected chi connectivity index (χ0v) is 11.3. The van der Waals surface area contributed by atoms with Crippen LogP contribution in [0.3, 0.4) is 0 Å². The van der Waals surface area contributed by atoms with Gasteiger partial charge in [0, 0.05) is 17.8 Å². The van der Waals surface area contributed by atoms with Gasteiger partial charge in [-0.2, -0.15) is 5.26 Å². The summed E-state index contributed by atoms with van der Waals surface area (Å²) in [6.45, 7) is 0. The third-order valence-electron chi connectivity index (χ3n) is 2.84. The topological polar surface area (TPSA) is 67.2 Å². The van der Waals surface area contributed by atoms with Crippen LogP contribution in [0.5, 0.6) is 11.6 Å². The predicted molar refractivity (Wildman–Crippen MR) is 75.8 cm³/mol. The Morgan fingerprint density at radius 3 is 2.55 bits per heavy atom. The molecule has 0 amide bonds. The normalized spacial score (nSPS) is 11.2. The first kappa shape index (κ1) is 13.7. The highest BCUT2D eigenvalue weighted by Gasteiger charge is 2.13. The standard InChI is InChI=1S/C15H15N3O2/c1-19-14-6-4-3-5-12(14)18-13(9-16)11-7-8-15(20-2)17-10-11/h3-8,10,13,18H,1-2H3. The maximum atomic E-state index is 9.32. The highest BCUT2D eigenvalue weighted by Crippen LogP contribution is 2.27. The molecule has 0 aliphatic rings. The smallest absolute Gasteiger partial charge is 0.212 e. The van der Waals surface area contributed by atoms with E-state index in [4.69, 9.17) is 9.47 Å². The number of methoxy groups -OCH3 is 2. The average molecular weight is 269 g/mol. The SMILES string of the molecule is COc1ccc(C(C#N)Nc2ccccc2OC)cn1. The Kier molecular flexibility index (Phi) is 4.40. The van der Waals surface area contributed by atoms with Crippen molar-refractivity contribution in [3.8, 4) is 17.7 Å². The minimum absolute atomic E-state index is 0.510. The van der Waals surface area contributed by atoms with Gasteiger partial charge in [-0.15, -0.1) is 0 Å². The molecule has 2 aromatic rings. The molecule has 5 heteroatoms. The number of hydrogen-bond donors (Lipinski definition) is 1. The summed E-state index contributed by atoms with van der Waals surface area (Å²) in [6, 6.07) is 12.7. The number of nitriles is 1. The van der Waals surface area contributed by atoms with E-state index in [0.717, 1.165) is 11.3 Å². The van der Waals surface area contributed by atoms with Gasteiger partial charge in [0.1, 0.15) is 11.8 Å². The van der Waals surface area contributed by atoms with Crippen LogP contribution < -0.4 is 14.8 Å². The molecule has 1 heterocycles. The molecule has 1 N–H and O–H groups in total. The van der Waals surface area contributed by atoms with E-state index in [0.29, 0.717) is 11.6 Å². The van der Waals surface area contributed by atoms with Crippen molar-refractivity contribution in [1.29, 1.82) is 5.26 Å². The highest BCUT2D eigenvalue weighted by molar-refractivity contribution is 5.58. The molecule has 20 heavy (non-hydrogen) atoms. The van der Waals surface area contributed by atoms with E-state index >= 15 is 0 Å². The minimum atomic E-state index is -0.510. The highest BCUT2D eigenvalue weighted by atomic mass is 16.5. The van der Waals surface area contributed by atoms with Gasteiger partial charge in [0.2, 0.25) is 5.88 Å². The number of benzene rings is 1. The second-order valence-corrected chi connectivity index (χ2v) is 4.04. The van der Waals surface area contributed by atoms with Crippen molar-refractivity contribution in [3.63, 3.8) is 0 Å². The molecule has 0 aliphatic heterocycles. The summed E-state index contributed by atoms with van der Waals surface area (Å²) in [4.78, 5) is 4.11.